The second-order valence-electron chi connectivity index (χ2n) is 5.36. The summed E-state index contributed by atoms with van der Waals surface area (Å²) in [6.45, 7) is 2.00. The van der Waals surface area contributed by atoms with Gasteiger partial charge in [-0.25, -0.2) is 4.39 Å². The van der Waals surface area contributed by atoms with Gasteiger partial charge in [0.2, 0.25) is 11.7 Å². The molecule has 0 bridgehead atoms. The minimum absolute atomic E-state index is 0.0470. The molecule has 0 aliphatic heterocycles. The molecule has 1 heterocycles. The number of amides is 1. The van der Waals surface area contributed by atoms with Gasteiger partial charge < -0.3 is 14.6 Å². The van der Waals surface area contributed by atoms with Crippen molar-refractivity contribution in [2.75, 3.05) is 7.11 Å². The Morgan fingerprint density at radius 2 is 2.08 bits per heavy atom. The quantitative estimate of drug-likeness (QED) is 0.771. The van der Waals surface area contributed by atoms with Crippen LogP contribution in [0.25, 0.3) is 11.4 Å². The van der Waals surface area contributed by atoms with Crippen molar-refractivity contribution in [3.63, 3.8) is 0 Å². The zero-order valence-electron chi connectivity index (χ0n) is 13.7. The van der Waals surface area contributed by atoms with E-state index in [9.17, 15) is 9.18 Å². The topological polar surface area (TPSA) is 77.2 Å². The highest BCUT2D eigenvalue weighted by Crippen LogP contribution is 2.20. The first-order valence-corrected chi connectivity index (χ1v) is 7.59. The number of benzene rings is 2. The Morgan fingerprint density at radius 3 is 2.80 bits per heavy atom. The van der Waals surface area contributed by atoms with E-state index in [0.29, 0.717) is 5.82 Å². The standard InChI is InChI=1S/C18H16FN3O3/c1-11-5-3-4-6-13(11)17-21-16(25-22-17)10-20-18(23)12-7-8-15(24-2)14(19)9-12/h3-9H,10H2,1-2H3,(H,20,23). The lowest BCUT2D eigenvalue weighted by molar-refractivity contribution is 0.0945. The van der Waals surface area contributed by atoms with Crippen LogP contribution in [-0.4, -0.2) is 23.2 Å². The van der Waals surface area contributed by atoms with Gasteiger partial charge >= 0.3 is 0 Å². The summed E-state index contributed by atoms with van der Waals surface area (Å²) in [4.78, 5) is 16.4. The average Bonchev–Trinajstić information content (AvgIpc) is 3.08. The molecule has 0 radical (unpaired) electrons. The van der Waals surface area contributed by atoms with E-state index in [1.807, 2.05) is 31.2 Å². The highest BCUT2D eigenvalue weighted by molar-refractivity contribution is 5.94. The van der Waals surface area contributed by atoms with Crippen molar-refractivity contribution >= 4 is 5.91 Å². The first-order valence-electron chi connectivity index (χ1n) is 7.59. The summed E-state index contributed by atoms with van der Waals surface area (Å²) < 4.78 is 23.6. The molecule has 7 heteroatoms. The van der Waals surface area contributed by atoms with E-state index >= 15 is 0 Å². The molecule has 3 rings (SSSR count). The minimum atomic E-state index is -0.602. The molecule has 1 amide bonds. The van der Waals surface area contributed by atoms with Gasteiger partial charge in [-0.1, -0.05) is 29.4 Å². The van der Waals surface area contributed by atoms with Gasteiger partial charge in [0.15, 0.2) is 11.6 Å². The molecule has 0 aliphatic carbocycles. The molecule has 25 heavy (non-hydrogen) atoms. The zero-order chi connectivity index (χ0) is 17.8. The van der Waals surface area contributed by atoms with Gasteiger partial charge in [-0.2, -0.15) is 4.98 Å². The Bertz CT molecular complexity index is 908. The van der Waals surface area contributed by atoms with E-state index in [4.69, 9.17) is 9.26 Å². The number of halogens is 1. The van der Waals surface area contributed by atoms with Crippen molar-refractivity contribution in [1.82, 2.24) is 15.5 Å². The van der Waals surface area contributed by atoms with E-state index in [1.54, 1.807) is 0 Å². The van der Waals surface area contributed by atoms with Crippen molar-refractivity contribution in [3.8, 4) is 17.1 Å². The lowest BCUT2D eigenvalue weighted by Crippen LogP contribution is -2.23. The lowest BCUT2D eigenvalue weighted by atomic mass is 10.1. The summed E-state index contributed by atoms with van der Waals surface area (Å²) in [5.41, 5.74) is 2.06. The first-order chi connectivity index (χ1) is 12.1. The van der Waals surface area contributed by atoms with E-state index in [1.165, 1.54) is 19.2 Å². The number of hydrogen-bond acceptors (Lipinski definition) is 5. The Kier molecular flexibility index (Phi) is 4.74. The number of methoxy groups -OCH3 is 1. The number of ether oxygens (including phenoxy) is 1. The number of nitrogens with zero attached hydrogens (tertiary/aromatic N) is 2. The fourth-order valence-electron chi connectivity index (χ4n) is 2.33. The molecule has 0 atom stereocenters. The van der Waals surface area contributed by atoms with Gasteiger partial charge in [0.05, 0.1) is 13.7 Å². The van der Waals surface area contributed by atoms with Crippen molar-refractivity contribution < 1.29 is 18.4 Å². The van der Waals surface area contributed by atoms with Crippen molar-refractivity contribution in [1.29, 1.82) is 0 Å². The Morgan fingerprint density at radius 1 is 1.28 bits per heavy atom. The Hall–Kier alpha value is -3.22. The number of rotatable bonds is 5. The highest BCUT2D eigenvalue weighted by Gasteiger charge is 2.13. The molecule has 0 saturated heterocycles. The summed E-state index contributed by atoms with van der Waals surface area (Å²) in [5.74, 6) is -0.248. The number of aryl methyl sites for hydroxylation is 1. The second kappa shape index (κ2) is 7.12. The molecule has 0 fully saturated rings. The average molecular weight is 341 g/mol. The lowest BCUT2D eigenvalue weighted by Gasteiger charge is -2.05. The first kappa shape index (κ1) is 16.6. The van der Waals surface area contributed by atoms with Crippen molar-refractivity contribution in [2.24, 2.45) is 0 Å². The molecular formula is C18H16FN3O3. The van der Waals surface area contributed by atoms with Crippen LogP contribution < -0.4 is 10.1 Å². The molecule has 1 aromatic heterocycles. The SMILES string of the molecule is COc1ccc(C(=O)NCc2nc(-c3ccccc3C)no2)cc1F. The van der Waals surface area contributed by atoms with Crippen LogP contribution in [0.5, 0.6) is 5.75 Å². The maximum Gasteiger partial charge on any atom is 0.251 e. The van der Waals surface area contributed by atoms with Crippen LogP contribution in [0.1, 0.15) is 21.8 Å². The Labute approximate surface area is 143 Å². The predicted octanol–water partition coefficient (Wildman–Crippen LogP) is 3.12. The number of carbonyl (C=O) groups is 1. The third-order valence-electron chi connectivity index (χ3n) is 3.67. The normalized spacial score (nSPS) is 10.5. The molecule has 0 aliphatic rings. The van der Waals surface area contributed by atoms with Crippen LogP contribution in [0.4, 0.5) is 4.39 Å². The molecule has 128 valence electrons. The second-order valence-corrected chi connectivity index (χ2v) is 5.36. The van der Waals surface area contributed by atoms with E-state index in [0.717, 1.165) is 17.2 Å². The van der Waals surface area contributed by atoms with Gasteiger partial charge in [-0.15, -0.1) is 0 Å². The molecule has 2 aromatic carbocycles. The van der Waals surface area contributed by atoms with Gasteiger partial charge in [0.25, 0.3) is 5.91 Å². The summed E-state index contributed by atoms with van der Waals surface area (Å²) in [6.07, 6.45) is 0. The van der Waals surface area contributed by atoms with Gasteiger partial charge in [-0.05, 0) is 30.7 Å². The summed E-state index contributed by atoms with van der Waals surface area (Å²) in [7, 11) is 1.36. The van der Waals surface area contributed by atoms with Crippen LogP contribution in [0, 0.1) is 12.7 Å². The number of hydrogen-bond donors (Lipinski definition) is 1. The minimum Gasteiger partial charge on any atom is -0.494 e. The largest absolute Gasteiger partial charge is 0.494 e. The number of nitrogens with one attached hydrogen (secondary N) is 1. The van der Waals surface area contributed by atoms with E-state index in [2.05, 4.69) is 15.5 Å². The molecule has 6 nitrogen and oxygen atoms in total. The molecule has 0 saturated carbocycles. The van der Waals surface area contributed by atoms with E-state index < -0.39 is 11.7 Å². The zero-order valence-corrected chi connectivity index (χ0v) is 13.7. The monoisotopic (exact) mass is 341 g/mol. The summed E-state index contributed by atoms with van der Waals surface area (Å²) >= 11 is 0. The fraction of sp³-hybridized carbons (Fsp3) is 0.167. The van der Waals surface area contributed by atoms with Gasteiger partial charge in [0, 0.05) is 11.1 Å². The van der Waals surface area contributed by atoms with Crippen molar-refractivity contribution in [2.45, 2.75) is 13.5 Å². The highest BCUT2D eigenvalue weighted by atomic mass is 19.1. The third-order valence-corrected chi connectivity index (χ3v) is 3.67. The Balaban J connectivity index is 1.67. The predicted molar refractivity (Wildman–Crippen MR) is 88.6 cm³/mol. The summed E-state index contributed by atoms with van der Waals surface area (Å²) in [6, 6.07) is 11.6. The maximum atomic E-state index is 13.7. The number of carbonyl (C=O) groups excluding carboxylic acids is 1. The molecular weight excluding hydrogens is 325 g/mol. The van der Waals surface area contributed by atoms with Crippen LogP contribution in [-0.2, 0) is 6.54 Å². The van der Waals surface area contributed by atoms with Crippen LogP contribution in [0.15, 0.2) is 47.0 Å². The third kappa shape index (κ3) is 3.65. The molecule has 3 aromatic rings. The molecule has 0 spiro atoms. The van der Waals surface area contributed by atoms with Crippen LogP contribution in [0.3, 0.4) is 0 Å². The van der Waals surface area contributed by atoms with Crippen LogP contribution >= 0.6 is 0 Å². The maximum absolute atomic E-state index is 13.7. The van der Waals surface area contributed by atoms with Crippen LogP contribution in [0.2, 0.25) is 0 Å². The van der Waals surface area contributed by atoms with Gasteiger partial charge in [-0.3, -0.25) is 4.79 Å². The smallest absolute Gasteiger partial charge is 0.251 e. The van der Waals surface area contributed by atoms with E-state index in [-0.39, 0.29) is 23.7 Å². The fourth-order valence-corrected chi connectivity index (χ4v) is 2.33. The van der Waals surface area contributed by atoms with Gasteiger partial charge in [0.1, 0.15) is 0 Å². The molecule has 0 unspecified atom stereocenters. The van der Waals surface area contributed by atoms with Crippen molar-refractivity contribution in [3.05, 3.63) is 65.3 Å². The summed E-state index contributed by atoms with van der Waals surface area (Å²) in [5, 5.41) is 6.54. The molecule has 1 N–H and O–H groups in total. The number of aromatic nitrogens is 2.